The van der Waals surface area contributed by atoms with E-state index in [4.69, 9.17) is 10.2 Å². The van der Waals surface area contributed by atoms with E-state index in [0.717, 1.165) is 39.9 Å². The fourth-order valence-corrected chi connectivity index (χ4v) is 3.61. The van der Waals surface area contributed by atoms with Crippen molar-refractivity contribution in [2.75, 3.05) is 12.4 Å². The molecule has 6 heteroatoms. The van der Waals surface area contributed by atoms with Crippen LogP contribution >= 0.6 is 23.1 Å². The summed E-state index contributed by atoms with van der Waals surface area (Å²) in [7, 11) is 0. The number of aliphatic hydroxyl groups is 1. The molecule has 1 heterocycles. The molecule has 2 N–H and O–H groups in total. The summed E-state index contributed by atoms with van der Waals surface area (Å²) in [5.41, 5.74) is 0.829. The lowest BCUT2D eigenvalue weighted by molar-refractivity contribution is -0.136. The molecule has 0 aliphatic rings. The Morgan fingerprint density at radius 2 is 2.18 bits per heavy atom. The van der Waals surface area contributed by atoms with Gasteiger partial charge in [-0.25, -0.2) is 4.98 Å². The predicted octanol–water partition coefficient (Wildman–Crippen LogP) is 2.33. The van der Waals surface area contributed by atoms with Crippen LogP contribution in [0.1, 0.15) is 29.8 Å². The number of carbonyl (C=O) groups is 1. The quantitative estimate of drug-likeness (QED) is 0.563. The molecule has 4 nitrogen and oxygen atoms in total. The first-order chi connectivity index (χ1) is 8.13. The van der Waals surface area contributed by atoms with Crippen molar-refractivity contribution >= 4 is 29.1 Å². The van der Waals surface area contributed by atoms with Gasteiger partial charge in [-0.2, -0.15) is 0 Å². The maximum absolute atomic E-state index is 10.6. The summed E-state index contributed by atoms with van der Waals surface area (Å²) < 4.78 is 0.947. The first-order valence-electron chi connectivity index (χ1n) is 5.55. The number of aliphatic hydroxyl groups excluding tert-OH is 1. The normalized spacial score (nSPS) is 10.7. The maximum Gasteiger partial charge on any atom is 0.308 e. The van der Waals surface area contributed by atoms with Crippen molar-refractivity contribution in [1.29, 1.82) is 0 Å². The number of carboxylic acid groups (broad SMARTS) is 1. The molecule has 0 spiro atoms. The number of aryl methyl sites for hydroxylation is 1. The second-order valence-corrected chi connectivity index (χ2v) is 6.12. The minimum atomic E-state index is -0.809. The van der Waals surface area contributed by atoms with E-state index in [1.165, 1.54) is 11.3 Å². The van der Waals surface area contributed by atoms with E-state index in [0.29, 0.717) is 0 Å². The Morgan fingerprint density at radius 3 is 2.82 bits per heavy atom. The lowest BCUT2D eigenvalue weighted by atomic mass is 10.3. The van der Waals surface area contributed by atoms with E-state index in [-0.39, 0.29) is 13.0 Å². The smallest absolute Gasteiger partial charge is 0.308 e. The number of rotatable bonds is 8. The molecule has 0 unspecified atom stereocenters. The van der Waals surface area contributed by atoms with Gasteiger partial charge < -0.3 is 10.2 Å². The molecule has 0 atom stereocenters. The average Bonchev–Trinajstić information content (AvgIpc) is 2.58. The molecule has 0 saturated carbocycles. The number of thioether (sulfide) groups is 1. The summed E-state index contributed by atoms with van der Waals surface area (Å²) in [4.78, 5) is 15.8. The summed E-state index contributed by atoms with van der Waals surface area (Å²) in [5, 5.41) is 17.4. The Bertz CT molecular complexity index is 366. The molecule has 0 radical (unpaired) electrons. The summed E-state index contributed by atoms with van der Waals surface area (Å²) >= 11 is 3.14. The summed E-state index contributed by atoms with van der Waals surface area (Å²) in [5.74, 6) is 0.163. The molecular formula is C11H17NO3S2. The Hall–Kier alpha value is -0.590. The molecule has 0 amide bonds. The molecule has 96 valence electrons. The van der Waals surface area contributed by atoms with Gasteiger partial charge in [-0.05, 0) is 19.8 Å². The van der Waals surface area contributed by atoms with E-state index >= 15 is 0 Å². The van der Waals surface area contributed by atoms with Crippen LogP contribution in [-0.2, 0) is 11.2 Å². The van der Waals surface area contributed by atoms with Gasteiger partial charge in [-0.1, -0.05) is 18.2 Å². The molecule has 0 aliphatic carbocycles. The zero-order valence-corrected chi connectivity index (χ0v) is 11.4. The standard InChI is InChI=1S/C11H17NO3S2/c1-8-9(7-10(14)15)17-11(12-8)16-6-4-2-3-5-13/h13H,2-7H2,1H3,(H,14,15). The van der Waals surface area contributed by atoms with Crippen molar-refractivity contribution in [1.82, 2.24) is 4.98 Å². The molecule has 17 heavy (non-hydrogen) atoms. The SMILES string of the molecule is Cc1nc(SCCCCCO)sc1CC(=O)O. The number of unbranched alkanes of at least 4 members (excludes halogenated alkanes) is 2. The van der Waals surface area contributed by atoms with Crippen molar-refractivity contribution in [3.05, 3.63) is 10.6 Å². The van der Waals surface area contributed by atoms with Crippen molar-refractivity contribution in [3.8, 4) is 0 Å². The highest BCUT2D eigenvalue weighted by atomic mass is 32.2. The highest BCUT2D eigenvalue weighted by molar-refractivity contribution is 8.01. The topological polar surface area (TPSA) is 70.4 Å². The third-order valence-electron chi connectivity index (χ3n) is 2.21. The van der Waals surface area contributed by atoms with E-state index < -0.39 is 5.97 Å². The van der Waals surface area contributed by atoms with Gasteiger partial charge in [0.1, 0.15) is 4.34 Å². The van der Waals surface area contributed by atoms with Gasteiger partial charge in [0.15, 0.2) is 0 Å². The Labute approximate surface area is 109 Å². The molecule has 0 aliphatic heterocycles. The molecule has 1 aromatic rings. The fraction of sp³-hybridized carbons (Fsp3) is 0.636. The molecule has 1 aromatic heterocycles. The number of nitrogens with zero attached hydrogens (tertiary/aromatic N) is 1. The monoisotopic (exact) mass is 275 g/mol. The Kier molecular flexibility index (Phi) is 6.54. The third kappa shape index (κ3) is 5.52. The first-order valence-corrected chi connectivity index (χ1v) is 7.35. The van der Waals surface area contributed by atoms with Gasteiger partial charge in [0.2, 0.25) is 0 Å². The predicted molar refractivity (Wildman–Crippen MR) is 69.9 cm³/mol. The van der Waals surface area contributed by atoms with Crippen molar-refractivity contribution < 1.29 is 15.0 Å². The Morgan fingerprint density at radius 1 is 1.41 bits per heavy atom. The van der Waals surface area contributed by atoms with Gasteiger partial charge in [-0.3, -0.25) is 4.79 Å². The highest BCUT2D eigenvalue weighted by Gasteiger charge is 2.10. The number of aliphatic carboxylic acids is 1. The van der Waals surface area contributed by atoms with Crippen LogP contribution in [0.5, 0.6) is 0 Å². The van der Waals surface area contributed by atoms with E-state index in [1.54, 1.807) is 11.8 Å². The van der Waals surface area contributed by atoms with Crippen LogP contribution in [0.15, 0.2) is 4.34 Å². The minimum Gasteiger partial charge on any atom is -0.481 e. The molecule has 0 bridgehead atoms. The molecule has 1 rings (SSSR count). The van der Waals surface area contributed by atoms with Gasteiger partial charge in [-0.15, -0.1) is 11.3 Å². The van der Waals surface area contributed by atoms with Gasteiger partial charge in [0.25, 0.3) is 0 Å². The lowest BCUT2D eigenvalue weighted by Gasteiger charge is -1.96. The number of hydrogen-bond donors (Lipinski definition) is 2. The van der Waals surface area contributed by atoms with Gasteiger partial charge in [0, 0.05) is 17.2 Å². The van der Waals surface area contributed by atoms with Crippen LogP contribution in [0, 0.1) is 6.92 Å². The molecule has 0 aromatic carbocycles. The van der Waals surface area contributed by atoms with Crippen molar-refractivity contribution in [2.45, 2.75) is 36.9 Å². The lowest BCUT2D eigenvalue weighted by Crippen LogP contribution is -1.99. The van der Waals surface area contributed by atoms with Crippen LogP contribution < -0.4 is 0 Å². The van der Waals surface area contributed by atoms with Crippen LogP contribution in [0.2, 0.25) is 0 Å². The zero-order chi connectivity index (χ0) is 12.7. The maximum atomic E-state index is 10.6. The summed E-state index contributed by atoms with van der Waals surface area (Å²) in [6, 6.07) is 0. The number of hydrogen-bond acceptors (Lipinski definition) is 5. The second kappa shape index (κ2) is 7.68. The third-order valence-corrected chi connectivity index (χ3v) is 4.60. The van der Waals surface area contributed by atoms with Crippen LogP contribution in [-0.4, -0.2) is 33.5 Å². The number of carboxylic acids is 1. The van der Waals surface area contributed by atoms with E-state index in [1.807, 2.05) is 6.92 Å². The minimum absolute atomic E-state index is 0.0641. The van der Waals surface area contributed by atoms with Gasteiger partial charge >= 0.3 is 5.97 Å². The number of thiazole rings is 1. The fourth-order valence-electron chi connectivity index (χ4n) is 1.31. The largest absolute Gasteiger partial charge is 0.481 e. The van der Waals surface area contributed by atoms with Crippen LogP contribution in [0.4, 0.5) is 0 Å². The number of aromatic nitrogens is 1. The Balaban J connectivity index is 2.36. The van der Waals surface area contributed by atoms with Crippen LogP contribution in [0.3, 0.4) is 0 Å². The van der Waals surface area contributed by atoms with E-state index in [2.05, 4.69) is 4.98 Å². The van der Waals surface area contributed by atoms with Gasteiger partial charge in [0.05, 0.1) is 12.1 Å². The molecule has 0 saturated heterocycles. The first kappa shape index (κ1) is 14.5. The van der Waals surface area contributed by atoms with Crippen molar-refractivity contribution in [3.63, 3.8) is 0 Å². The average molecular weight is 275 g/mol. The van der Waals surface area contributed by atoms with Crippen molar-refractivity contribution in [2.24, 2.45) is 0 Å². The highest BCUT2D eigenvalue weighted by Crippen LogP contribution is 2.28. The zero-order valence-electron chi connectivity index (χ0n) is 9.81. The second-order valence-electron chi connectivity index (χ2n) is 3.69. The molecular weight excluding hydrogens is 258 g/mol. The molecule has 0 fully saturated rings. The summed E-state index contributed by atoms with van der Waals surface area (Å²) in [6.45, 7) is 2.11. The van der Waals surface area contributed by atoms with Crippen LogP contribution in [0.25, 0.3) is 0 Å². The van der Waals surface area contributed by atoms with E-state index in [9.17, 15) is 4.79 Å². The summed E-state index contributed by atoms with van der Waals surface area (Å²) in [6.07, 6.45) is 2.99.